The van der Waals surface area contributed by atoms with E-state index in [-0.39, 0.29) is 17.4 Å². The zero-order valence-electron chi connectivity index (χ0n) is 16.2. The van der Waals surface area contributed by atoms with Crippen LogP contribution in [0.1, 0.15) is 16.1 Å². The third-order valence-corrected chi connectivity index (χ3v) is 4.72. The smallest absolute Gasteiger partial charge is 0.259 e. The highest BCUT2D eigenvalue weighted by molar-refractivity contribution is 6.13. The highest BCUT2D eigenvalue weighted by Gasteiger charge is 2.20. The Bertz CT molecular complexity index is 1400. The third-order valence-electron chi connectivity index (χ3n) is 4.72. The van der Waals surface area contributed by atoms with Crippen LogP contribution in [0.4, 0.5) is 10.1 Å². The lowest BCUT2D eigenvalue weighted by atomic mass is 10.0. The molecule has 0 aliphatic heterocycles. The Kier molecular flexibility index (Phi) is 4.43. The van der Waals surface area contributed by atoms with Gasteiger partial charge in [-0.3, -0.25) is 4.79 Å². The van der Waals surface area contributed by atoms with Crippen molar-refractivity contribution in [3.63, 3.8) is 0 Å². The van der Waals surface area contributed by atoms with Crippen LogP contribution in [0.25, 0.3) is 28.0 Å². The van der Waals surface area contributed by atoms with Crippen molar-refractivity contribution in [2.75, 3.05) is 5.32 Å². The fraction of sp³-hybridized carbons (Fsp3) is 0.0476. The van der Waals surface area contributed by atoms with Crippen molar-refractivity contribution >= 4 is 22.7 Å². The fourth-order valence-corrected chi connectivity index (χ4v) is 3.25. The van der Waals surface area contributed by atoms with Crippen LogP contribution >= 0.6 is 0 Å². The number of halogens is 1. The molecule has 5 aromatic rings. The van der Waals surface area contributed by atoms with Gasteiger partial charge >= 0.3 is 0 Å². The number of hydrogen-bond donors (Lipinski definition) is 1. The normalized spacial score (nSPS) is 11.0. The standard InChI is InChI=1S/C21H14FN7O2/c1-12-19-17(10-18(25-21(19)31-26-12)13-5-7-14(22)8-6-13)20(30)24-15-3-2-4-16(9-15)29-11-23-27-28-29/h2-11H,1H3,(H,24,30). The first-order chi connectivity index (χ1) is 15.1. The molecule has 0 aliphatic carbocycles. The van der Waals surface area contributed by atoms with Crippen molar-refractivity contribution in [3.05, 3.63) is 78.0 Å². The van der Waals surface area contributed by atoms with E-state index in [0.29, 0.717) is 39.3 Å². The Morgan fingerprint density at radius 3 is 2.74 bits per heavy atom. The summed E-state index contributed by atoms with van der Waals surface area (Å²) in [4.78, 5) is 17.6. The number of carbonyl (C=O) groups is 1. The van der Waals surface area contributed by atoms with Gasteiger partial charge in [0.15, 0.2) is 0 Å². The van der Waals surface area contributed by atoms with Crippen LogP contribution in [-0.4, -0.2) is 36.3 Å². The molecule has 0 spiro atoms. The molecule has 3 aromatic heterocycles. The number of amides is 1. The molecule has 0 saturated carbocycles. The summed E-state index contributed by atoms with van der Waals surface area (Å²) in [6.07, 6.45) is 1.46. The summed E-state index contributed by atoms with van der Waals surface area (Å²) in [5.41, 5.74) is 3.48. The van der Waals surface area contributed by atoms with Crippen LogP contribution in [0, 0.1) is 12.7 Å². The number of benzene rings is 2. The van der Waals surface area contributed by atoms with E-state index in [1.807, 2.05) is 6.07 Å². The molecule has 152 valence electrons. The second-order valence-corrected chi connectivity index (χ2v) is 6.77. The molecule has 1 amide bonds. The molecule has 0 aliphatic rings. The number of nitrogens with one attached hydrogen (secondary N) is 1. The van der Waals surface area contributed by atoms with Gasteiger partial charge in [-0.2, -0.15) is 0 Å². The molecule has 0 unspecified atom stereocenters. The van der Waals surface area contributed by atoms with Gasteiger partial charge in [0.2, 0.25) is 0 Å². The largest absolute Gasteiger partial charge is 0.335 e. The van der Waals surface area contributed by atoms with Gasteiger partial charge in [0.1, 0.15) is 12.1 Å². The molecule has 0 fully saturated rings. The molecular weight excluding hydrogens is 401 g/mol. The van der Waals surface area contributed by atoms with Crippen molar-refractivity contribution in [3.8, 4) is 16.9 Å². The van der Waals surface area contributed by atoms with E-state index < -0.39 is 0 Å². The van der Waals surface area contributed by atoms with Gasteiger partial charge in [0, 0.05) is 11.3 Å². The molecule has 1 N–H and O–H groups in total. The Balaban J connectivity index is 1.54. The first-order valence-electron chi connectivity index (χ1n) is 9.26. The molecule has 9 nitrogen and oxygen atoms in total. The van der Waals surface area contributed by atoms with Crippen LogP contribution in [0.2, 0.25) is 0 Å². The number of tetrazole rings is 1. The van der Waals surface area contributed by atoms with E-state index in [0.717, 1.165) is 0 Å². The summed E-state index contributed by atoms with van der Waals surface area (Å²) in [7, 11) is 0. The summed E-state index contributed by atoms with van der Waals surface area (Å²) >= 11 is 0. The second kappa shape index (κ2) is 7.41. The molecule has 0 radical (unpaired) electrons. The van der Waals surface area contributed by atoms with Crippen molar-refractivity contribution in [2.45, 2.75) is 6.92 Å². The first-order valence-corrected chi connectivity index (χ1v) is 9.26. The average molecular weight is 415 g/mol. The number of aromatic nitrogens is 6. The number of fused-ring (bicyclic) bond motifs is 1. The number of hydrogen-bond acceptors (Lipinski definition) is 7. The van der Waals surface area contributed by atoms with Gasteiger partial charge in [-0.05, 0) is 65.9 Å². The SMILES string of the molecule is Cc1noc2nc(-c3ccc(F)cc3)cc(C(=O)Nc3cccc(-n4cnnn4)c3)c12. The monoisotopic (exact) mass is 415 g/mol. The second-order valence-electron chi connectivity index (χ2n) is 6.77. The van der Waals surface area contributed by atoms with E-state index in [1.54, 1.807) is 43.3 Å². The molecule has 5 rings (SSSR count). The number of nitrogens with zero attached hydrogens (tertiary/aromatic N) is 6. The summed E-state index contributed by atoms with van der Waals surface area (Å²) in [6.45, 7) is 1.74. The summed E-state index contributed by atoms with van der Waals surface area (Å²) in [5.74, 6) is -0.725. The molecule has 10 heteroatoms. The van der Waals surface area contributed by atoms with Crippen LogP contribution in [0.15, 0.2) is 65.4 Å². The number of carbonyl (C=O) groups excluding carboxylic acids is 1. The lowest BCUT2D eigenvalue weighted by Gasteiger charge is -2.09. The maximum absolute atomic E-state index is 13.3. The Labute approximate surface area is 174 Å². The maximum atomic E-state index is 13.3. The molecule has 31 heavy (non-hydrogen) atoms. The van der Waals surface area contributed by atoms with Crippen LogP contribution in [0.3, 0.4) is 0 Å². The Morgan fingerprint density at radius 2 is 1.97 bits per heavy atom. The highest BCUT2D eigenvalue weighted by Crippen LogP contribution is 2.28. The van der Waals surface area contributed by atoms with Crippen molar-refractivity contribution in [2.24, 2.45) is 0 Å². The average Bonchev–Trinajstić information content (AvgIpc) is 3.44. The number of pyridine rings is 1. The fourth-order valence-electron chi connectivity index (χ4n) is 3.25. The number of aryl methyl sites for hydroxylation is 1. The van der Waals surface area contributed by atoms with Crippen molar-refractivity contribution in [1.29, 1.82) is 0 Å². The van der Waals surface area contributed by atoms with Gasteiger partial charge in [0.05, 0.1) is 28.0 Å². The number of anilines is 1. The van der Waals surface area contributed by atoms with Crippen molar-refractivity contribution < 1.29 is 13.7 Å². The third kappa shape index (κ3) is 3.50. The molecule has 0 atom stereocenters. The molecule has 0 saturated heterocycles. The Hall–Kier alpha value is -4.47. The highest BCUT2D eigenvalue weighted by atomic mass is 19.1. The summed E-state index contributed by atoms with van der Waals surface area (Å²) in [5, 5.41) is 18.4. The minimum atomic E-state index is -0.365. The lowest BCUT2D eigenvalue weighted by molar-refractivity contribution is 0.102. The Morgan fingerprint density at radius 1 is 1.13 bits per heavy atom. The molecule has 3 heterocycles. The van der Waals surface area contributed by atoms with E-state index in [2.05, 4.69) is 31.0 Å². The van der Waals surface area contributed by atoms with Crippen molar-refractivity contribution in [1.82, 2.24) is 30.3 Å². The maximum Gasteiger partial charge on any atom is 0.259 e. The molecule has 2 aromatic carbocycles. The van der Waals surface area contributed by atoms with E-state index >= 15 is 0 Å². The van der Waals surface area contributed by atoms with E-state index in [9.17, 15) is 9.18 Å². The summed E-state index contributed by atoms with van der Waals surface area (Å²) in [6, 6.07) is 14.6. The van der Waals surface area contributed by atoms with Gasteiger partial charge < -0.3 is 9.84 Å². The predicted molar refractivity (Wildman–Crippen MR) is 109 cm³/mol. The van der Waals surface area contributed by atoms with Gasteiger partial charge in [0.25, 0.3) is 11.6 Å². The van der Waals surface area contributed by atoms with E-state index in [1.165, 1.54) is 23.1 Å². The van der Waals surface area contributed by atoms with E-state index in [4.69, 9.17) is 4.52 Å². The predicted octanol–water partition coefficient (Wildman–Crippen LogP) is 3.57. The number of rotatable bonds is 4. The minimum Gasteiger partial charge on any atom is -0.335 e. The quantitative estimate of drug-likeness (QED) is 0.478. The first kappa shape index (κ1) is 18.6. The zero-order valence-corrected chi connectivity index (χ0v) is 16.2. The van der Waals surface area contributed by atoms with Gasteiger partial charge in [-0.1, -0.05) is 11.2 Å². The zero-order chi connectivity index (χ0) is 21.4. The topological polar surface area (TPSA) is 112 Å². The molecular formula is C21H14FN7O2. The van der Waals surface area contributed by atoms with Crippen LogP contribution in [0.5, 0.6) is 0 Å². The molecule has 0 bridgehead atoms. The minimum absolute atomic E-state index is 0.229. The van der Waals surface area contributed by atoms with Gasteiger partial charge in [-0.15, -0.1) is 5.10 Å². The van der Waals surface area contributed by atoms with Gasteiger partial charge in [-0.25, -0.2) is 14.1 Å². The van der Waals surface area contributed by atoms with Crippen LogP contribution < -0.4 is 5.32 Å². The van der Waals surface area contributed by atoms with Crippen LogP contribution in [-0.2, 0) is 0 Å². The summed E-state index contributed by atoms with van der Waals surface area (Å²) < 4.78 is 20.1. The lowest BCUT2D eigenvalue weighted by Crippen LogP contribution is -2.13.